The summed E-state index contributed by atoms with van der Waals surface area (Å²) in [6, 6.07) is 0. The van der Waals surface area contributed by atoms with Crippen molar-refractivity contribution in [2.24, 2.45) is 0 Å². The van der Waals surface area contributed by atoms with Crippen LogP contribution >= 0.6 is 0 Å². The monoisotopic (exact) mass is 221 g/mol. The van der Waals surface area contributed by atoms with E-state index in [1.54, 1.807) is 0 Å². The van der Waals surface area contributed by atoms with Crippen LogP contribution in [0.3, 0.4) is 0 Å². The molecule has 0 aromatic heterocycles. The van der Waals surface area contributed by atoms with Crippen LogP contribution in [0.25, 0.3) is 0 Å². The third kappa shape index (κ3) is 2.79. The molecule has 0 bridgehead atoms. The van der Waals surface area contributed by atoms with E-state index in [9.17, 15) is 26.7 Å². The first-order valence-electron chi connectivity index (χ1n) is 3.44. The predicted octanol–water partition coefficient (Wildman–Crippen LogP) is 1.25. The van der Waals surface area contributed by atoms with Gasteiger partial charge in [0.05, 0.1) is 6.54 Å². The Balaban J connectivity index is 4.67. The van der Waals surface area contributed by atoms with Crippen LogP contribution in [-0.4, -0.2) is 35.8 Å². The van der Waals surface area contributed by atoms with Crippen molar-refractivity contribution in [3.63, 3.8) is 0 Å². The Labute approximate surface area is 75.9 Å². The highest BCUT2D eigenvalue weighted by Crippen LogP contribution is 2.30. The second kappa shape index (κ2) is 4.07. The molecule has 8 heteroatoms. The zero-order valence-corrected chi connectivity index (χ0v) is 7.03. The zero-order valence-electron chi connectivity index (χ0n) is 7.03. The zero-order chi connectivity index (χ0) is 11.6. The lowest BCUT2D eigenvalue weighted by Gasteiger charge is -2.28. The Morgan fingerprint density at radius 2 is 1.86 bits per heavy atom. The SMILES string of the molecule is CC(NCC(F)F)(C(=O)O)C(F)(F)F. The largest absolute Gasteiger partial charge is 0.480 e. The van der Waals surface area contributed by atoms with Gasteiger partial charge >= 0.3 is 12.1 Å². The summed E-state index contributed by atoms with van der Waals surface area (Å²) in [5, 5.41) is 9.51. The highest BCUT2D eigenvalue weighted by atomic mass is 19.4. The Bertz CT molecular complexity index is 217. The molecule has 84 valence electrons. The molecule has 0 aliphatic carbocycles. The molecule has 0 amide bonds. The first kappa shape index (κ1) is 13.1. The van der Waals surface area contributed by atoms with Crippen LogP contribution in [0.5, 0.6) is 0 Å². The molecule has 1 atom stereocenters. The van der Waals surface area contributed by atoms with Crippen LogP contribution in [0.1, 0.15) is 6.92 Å². The van der Waals surface area contributed by atoms with Crippen molar-refractivity contribution in [2.45, 2.75) is 25.1 Å². The number of carboxylic acids is 1. The van der Waals surface area contributed by atoms with Crippen molar-refractivity contribution < 1.29 is 31.9 Å². The van der Waals surface area contributed by atoms with Crippen molar-refractivity contribution in [1.29, 1.82) is 0 Å². The van der Waals surface area contributed by atoms with E-state index >= 15 is 0 Å². The van der Waals surface area contributed by atoms with E-state index in [1.165, 1.54) is 5.32 Å². The molecule has 0 aromatic rings. The fraction of sp³-hybridized carbons (Fsp3) is 0.833. The van der Waals surface area contributed by atoms with Gasteiger partial charge in [0.25, 0.3) is 6.43 Å². The number of hydrogen-bond donors (Lipinski definition) is 2. The molecule has 0 heterocycles. The lowest BCUT2D eigenvalue weighted by Crippen LogP contribution is -2.61. The van der Waals surface area contributed by atoms with Gasteiger partial charge in [-0.2, -0.15) is 13.2 Å². The van der Waals surface area contributed by atoms with E-state index in [0.717, 1.165) is 0 Å². The fourth-order valence-corrected chi connectivity index (χ4v) is 0.578. The van der Waals surface area contributed by atoms with E-state index in [2.05, 4.69) is 0 Å². The molecule has 1 unspecified atom stereocenters. The van der Waals surface area contributed by atoms with Crippen molar-refractivity contribution in [2.75, 3.05) is 6.54 Å². The van der Waals surface area contributed by atoms with Crippen molar-refractivity contribution in [3.8, 4) is 0 Å². The van der Waals surface area contributed by atoms with Crippen LogP contribution in [0.2, 0.25) is 0 Å². The molecule has 0 radical (unpaired) electrons. The number of alkyl halides is 5. The predicted molar refractivity (Wildman–Crippen MR) is 36.1 cm³/mol. The molecular formula is C6H8F5NO2. The van der Waals surface area contributed by atoms with Gasteiger partial charge in [0.2, 0.25) is 5.54 Å². The summed E-state index contributed by atoms with van der Waals surface area (Å²) < 4.78 is 59.5. The lowest BCUT2D eigenvalue weighted by atomic mass is 10.0. The smallest absolute Gasteiger partial charge is 0.417 e. The molecule has 0 rings (SSSR count). The van der Waals surface area contributed by atoms with Gasteiger partial charge < -0.3 is 5.11 Å². The van der Waals surface area contributed by atoms with Gasteiger partial charge in [-0.1, -0.05) is 0 Å². The second-order valence-corrected chi connectivity index (χ2v) is 2.70. The van der Waals surface area contributed by atoms with Crippen molar-refractivity contribution in [3.05, 3.63) is 0 Å². The normalized spacial score (nSPS) is 16.8. The van der Waals surface area contributed by atoms with Crippen LogP contribution in [0.4, 0.5) is 22.0 Å². The quantitative estimate of drug-likeness (QED) is 0.702. The molecule has 3 nitrogen and oxygen atoms in total. The number of rotatable bonds is 4. The Hall–Kier alpha value is -0.920. The molecular weight excluding hydrogens is 213 g/mol. The number of carboxylic acid groups (broad SMARTS) is 1. The van der Waals surface area contributed by atoms with Crippen LogP contribution < -0.4 is 5.32 Å². The molecule has 0 spiro atoms. The Morgan fingerprint density at radius 3 is 2.07 bits per heavy atom. The van der Waals surface area contributed by atoms with E-state index in [0.29, 0.717) is 0 Å². The molecule has 0 saturated heterocycles. The minimum Gasteiger partial charge on any atom is -0.480 e. The fourth-order valence-electron chi connectivity index (χ4n) is 0.578. The Morgan fingerprint density at radius 1 is 1.43 bits per heavy atom. The maximum absolute atomic E-state index is 12.1. The van der Waals surface area contributed by atoms with Gasteiger partial charge in [-0.3, -0.25) is 5.32 Å². The van der Waals surface area contributed by atoms with E-state index in [4.69, 9.17) is 5.11 Å². The number of aliphatic carboxylic acids is 1. The van der Waals surface area contributed by atoms with Gasteiger partial charge in [0, 0.05) is 0 Å². The van der Waals surface area contributed by atoms with Crippen molar-refractivity contribution in [1.82, 2.24) is 5.32 Å². The summed E-state index contributed by atoms with van der Waals surface area (Å²) in [7, 11) is 0. The lowest BCUT2D eigenvalue weighted by molar-refractivity contribution is -0.206. The van der Waals surface area contributed by atoms with Gasteiger partial charge in [-0.25, -0.2) is 13.6 Å². The average Bonchev–Trinajstić information content (AvgIpc) is 1.97. The standard InChI is InChI=1S/C6H8F5NO2/c1-5(4(13)14,6(9,10)11)12-2-3(7)8/h3,12H,2H2,1H3,(H,13,14). The third-order valence-corrected chi connectivity index (χ3v) is 1.60. The minimum absolute atomic E-state index is 0.289. The maximum Gasteiger partial charge on any atom is 0.417 e. The van der Waals surface area contributed by atoms with E-state index < -0.39 is 30.7 Å². The molecule has 14 heavy (non-hydrogen) atoms. The molecule has 2 N–H and O–H groups in total. The molecule has 0 saturated carbocycles. The van der Waals surface area contributed by atoms with E-state index in [-0.39, 0.29) is 6.92 Å². The molecule has 0 aromatic carbocycles. The van der Waals surface area contributed by atoms with Gasteiger partial charge in [-0.05, 0) is 6.92 Å². The van der Waals surface area contributed by atoms with Crippen molar-refractivity contribution >= 4 is 5.97 Å². The molecule has 0 aliphatic heterocycles. The summed E-state index contributed by atoms with van der Waals surface area (Å²) in [6.07, 6.45) is -8.18. The first-order chi connectivity index (χ1) is 6.11. The maximum atomic E-state index is 12.1. The summed E-state index contributed by atoms with van der Waals surface area (Å²) in [5.41, 5.74) is -3.34. The molecule has 0 aliphatic rings. The van der Waals surface area contributed by atoms with Gasteiger partial charge in [0.1, 0.15) is 0 Å². The highest BCUT2D eigenvalue weighted by molar-refractivity contribution is 5.79. The van der Waals surface area contributed by atoms with Gasteiger partial charge in [0.15, 0.2) is 0 Å². The summed E-state index contributed by atoms with van der Waals surface area (Å²) in [4.78, 5) is 10.3. The molecule has 0 fully saturated rings. The number of nitrogens with one attached hydrogen (secondary N) is 1. The third-order valence-electron chi connectivity index (χ3n) is 1.60. The summed E-state index contributed by atoms with van der Waals surface area (Å²) in [6.45, 7) is -1.04. The van der Waals surface area contributed by atoms with Gasteiger partial charge in [-0.15, -0.1) is 0 Å². The summed E-state index contributed by atoms with van der Waals surface area (Å²) in [5.74, 6) is -2.24. The number of halogens is 5. The first-order valence-corrected chi connectivity index (χ1v) is 3.44. The number of carbonyl (C=O) groups is 1. The Kier molecular flexibility index (Phi) is 3.81. The average molecular weight is 221 g/mol. The topological polar surface area (TPSA) is 49.3 Å². The second-order valence-electron chi connectivity index (χ2n) is 2.70. The minimum atomic E-state index is -5.13. The number of hydrogen-bond acceptors (Lipinski definition) is 2. The van der Waals surface area contributed by atoms with Crippen LogP contribution in [0, 0.1) is 0 Å². The van der Waals surface area contributed by atoms with Crippen LogP contribution in [0.15, 0.2) is 0 Å². The van der Waals surface area contributed by atoms with Crippen LogP contribution in [-0.2, 0) is 4.79 Å². The summed E-state index contributed by atoms with van der Waals surface area (Å²) >= 11 is 0. The van der Waals surface area contributed by atoms with E-state index in [1.807, 2.05) is 0 Å². The highest BCUT2D eigenvalue weighted by Gasteiger charge is 2.57.